The first-order valence-corrected chi connectivity index (χ1v) is 5.77. The standard InChI is InChI=1S/C11H22N4O/c1-2-4-13-11(12)14-5-7-15-6-3-9-16-10-8-15/h2H,1,3-10H2,(H3,12,13,14). The Morgan fingerprint density at radius 3 is 3.19 bits per heavy atom. The van der Waals surface area contributed by atoms with Gasteiger partial charge in [0.05, 0.1) is 13.2 Å². The van der Waals surface area contributed by atoms with Crippen LogP contribution in [0.1, 0.15) is 6.42 Å². The van der Waals surface area contributed by atoms with E-state index in [1.54, 1.807) is 6.08 Å². The summed E-state index contributed by atoms with van der Waals surface area (Å²) in [5.41, 5.74) is 5.65. The lowest BCUT2D eigenvalue weighted by Crippen LogP contribution is -2.34. The number of nitrogens with two attached hydrogens (primary N) is 1. The zero-order valence-electron chi connectivity index (χ0n) is 9.82. The van der Waals surface area contributed by atoms with E-state index in [-0.39, 0.29) is 0 Å². The van der Waals surface area contributed by atoms with Crippen LogP contribution in [-0.4, -0.2) is 56.8 Å². The van der Waals surface area contributed by atoms with Gasteiger partial charge in [0.2, 0.25) is 0 Å². The second kappa shape index (κ2) is 8.13. The molecular formula is C11H22N4O. The van der Waals surface area contributed by atoms with Crippen molar-refractivity contribution in [2.75, 3.05) is 45.9 Å². The molecule has 0 radical (unpaired) electrons. The molecule has 0 aliphatic carbocycles. The Bertz CT molecular complexity index is 222. The van der Waals surface area contributed by atoms with Crippen LogP contribution in [0.2, 0.25) is 0 Å². The Balaban J connectivity index is 2.14. The number of ether oxygens (including phenoxy) is 1. The largest absolute Gasteiger partial charge is 0.380 e. The quantitative estimate of drug-likeness (QED) is 0.387. The van der Waals surface area contributed by atoms with Crippen molar-refractivity contribution < 1.29 is 4.74 Å². The number of hydrogen-bond acceptors (Lipinski definition) is 3. The Hall–Kier alpha value is -1.07. The van der Waals surface area contributed by atoms with Crippen LogP contribution in [0.3, 0.4) is 0 Å². The highest BCUT2D eigenvalue weighted by Crippen LogP contribution is 1.98. The van der Waals surface area contributed by atoms with E-state index in [1.807, 2.05) is 0 Å². The van der Waals surface area contributed by atoms with Crippen LogP contribution in [0.25, 0.3) is 0 Å². The lowest BCUT2D eigenvalue weighted by Gasteiger charge is -2.17. The van der Waals surface area contributed by atoms with Gasteiger partial charge in [-0.25, -0.2) is 0 Å². The molecule has 0 aromatic rings. The molecule has 0 unspecified atom stereocenters. The van der Waals surface area contributed by atoms with Crippen LogP contribution in [0.15, 0.2) is 17.6 Å². The zero-order chi connectivity index (χ0) is 11.6. The van der Waals surface area contributed by atoms with Gasteiger partial charge in [-0.05, 0) is 6.42 Å². The van der Waals surface area contributed by atoms with Gasteiger partial charge in [0, 0.05) is 32.8 Å². The molecule has 0 amide bonds. The highest BCUT2D eigenvalue weighted by Gasteiger charge is 2.07. The predicted octanol–water partition coefficient (Wildman–Crippen LogP) is -0.201. The summed E-state index contributed by atoms with van der Waals surface area (Å²) in [7, 11) is 0. The van der Waals surface area contributed by atoms with E-state index in [9.17, 15) is 0 Å². The summed E-state index contributed by atoms with van der Waals surface area (Å²) in [6, 6.07) is 0. The molecule has 1 fully saturated rings. The van der Waals surface area contributed by atoms with Crippen molar-refractivity contribution >= 4 is 5.96 Å². The van der Waals surface area contributed by atoms with Crippen molar-refractivity contribution in [3.05, 3.63) is 12.7 Å². The van der Waals surface area contributed by atoms with Gasteiger partial charge in [0.1, 0.15) is 0 Å². The number of aliphatic imine (C=N–C) groups is 1. The van der Waals surface area contributed by atoms with Crippen LogP contribution >= 0.6 is 0 Å². The molecule has 1 aliphatic heterocycles. The van der Waals surface area contributed by atoms with E-state index in [4.69, 9.17) is 10.5 Å². The Labute approximate surface area is 97.4 Å². The van der Waals surface area contributed by atoms with Crippen LogP contribution in [0, 0.1) is 0 Å². The summed E-state index contributed by atoms with van der Waals surface area (Å²) in [4.78, 5) is 6.60. The van der Waals surface area contributed by atoms with Gasteiger partial charge in [-0.1, -0.05) is 6.08 Å². The molecule has 0 spiro atoms. The molecular weight excluding hydrogens is 204 g/mol. The molecule has 5 heteroatoms. The topological polar surface area (TPSA) is 62.9 Å². The first kappa shape index (κ1) is 13.0. The summed E-state index contributed by atoms with van der Waals surface area (Å²) in [6.45, 7) is 9.73. The van der Waals surface area contributed by atoms with Gasteiger partial charge >= 0.3 is 0 Å². The van der Waals surface area contributed by atoms with Crippen LogP contribution in [0.4, 0.5) is 0 Å². The van der Waals surface area contributed by atoms with Crippen molar-refractivity contribution in [2.45, 2.75) is 6.42 Å². The monoisotopic (exact) mass is 226 g/mol. The molecule has 0 saturated carbocycles. The number of guanidine groups is 1. The average molecular weight is 226 g/mol. The first-order chi connectivity index (χ1) is 7.83. The Kier molecular flexibility index (Phi) is 6.60. The van der Waals surface area contributed by atoms with Gasteiger partial charge in [-0.3, -0.25) is 9.89 Å². The van der Waals surface area contributed by atoms with E-state index >= 15 is 0 Å². The van der Waals surface area contributed by atoms with Gasteiger partial charge in [-0.2, -0.15) is 0 Å². The lowest BCUT2D eigenvalue weighted by atomic mass is 10.4. The molecule has 0 atom stereocenters. The number of nitrogens with zero attached hydrogens (tertiary/aromatic N) is 2. The number of rotatable bonds is 5. The Morgan fingerprint density at radius 1 is 1.50 bits per heavy atom. The molecule has 1 rings (SSSR count). The van der Waals surface area contributed by atoms with Crippen LogP contribution in [-0.2, 0) is 4.74 Å². The maximum absolute atomic E-state index is 5.65. The molecule has 1 saturated heterocycles. The third kappa shape index (κ3) is 5.72. The molecule has 3 N–H and O–H groups in total. The van der Waals surface area contributed by atoms with Gasteiger partial charge in [0.15, 0.2) is 5.96 Å². The minimum absolute atomic E-state index is 0.492. The first-order valence-electron chi connectivity index (χ1n) is 5.77. The minimum atomic E-state index is 0.492. The summed E-state index contributed by atoms with van der Waals surface area (Å²) in [6.07, 6.45) is 2.86. The second-order valence-electron chi connectivity index (χ2n) is 3.74. The van der Waals surface area contributed by atoms with Gasteiger partial charge in [0.25, 0.3) is 0 Å². The van der Waals surface area contributed by atoms with Crippen LogP contribution < -0.4 is 11.1 Å². The van der Waals surface area contributed by atoms with Gasteiger partial charge in [-0.15, -0.1) is 6.58 Å². The molecule has 0 aromatic heterocycles. The van der Waals surface area contributed by atoms with Crippen molar-refractivity contribution in [2.24, 2.45) is 10.7 Å². The van der Waals surface area contributed by atoms with Crippen molar-refractivity contribution in [3.63, 3.8) is 0 Å². The lowest BCUT2D eigenvalue weighted by molar-refractivity contribution is 0.142. The highest BCUT2D eigenvalue weighted by molar-refractivity contribution is 5.77. The van der Waals surface area contributed by atoms with E-state index in [1.165, 1.54) is 0 Å². The maximum Gasteiger partial charge on any atom is 0.188 e. The van der Waals surface area contributed by atoms with Gasteiger partial charge < -0.3 is 15.8 Å². The fourth-order valence-corrected chi connectivity index (χ4v) is 1.57. The molecule has 1 aliphatic rings. The van der Waals surface area contributed by atoms with E-state index in [2.05, 4.69) is 21.8 Å². The van der Waals surface area contributed by atoms with Crippen molar-refractivity contribution in [3.8, 4) is 0 Å². The molecule has 5 nitrogen and oxygen atoms in total. The molecule has 0 aromatic carbocycles. The molecule has 0 bridgehead atoms. The maximum atomic E-state index is 5.65. The Morgan fingerprint density at radius 2 is 2.38 bits per heavy atom. The van der Waals surface area contributed by atoms with Crippen molar-refractivity contribution in [1.29, 1.82) is 0 Å². The highest BCUT2D eigenvalue weighted by atomic mass is 16.5. The van der Waals surface area contributed by atoms with E-state index < -0.39 is 0 Å². The van der Waals surface area contributed by atoms with E-state index in [0.717, 1.165) is 45.8 Å². The average Bonchev–Trinajstić information content (AvgIpc) is 2.55. The smallest absolute Gasteiger partial charge is 0.188 e. The molecule has 1 heterocycles. The van der Waals surface area contributed by atoms with Crippen molar-refractivity contribution in [1.82, 2.24) is 10.2 Å². The molecule has 92 valence electrons. The van der Waals surface area contributed by atoms with E-state index in [0.29, 0.717) is 12.5 Å². The number of hydrogen-bond donors (Lipinski definition) is 2. The third-order valence-electron chi connectivity index (χ3n) is 2.44. The SMILES string of the molecule is C=CCNC(N)=NCCN1CCCOCC1. The fraction of sp³-hybridized carbons (Fsp3) is 0.727. The summed E-state index contributed by atoms with van der Waals surface area (Å²) in [5, 5.41) is 2.95. The minimum Gasteiger partial charge on any atom is -0.380 e. The summed E-state index contributed by atoms with van der Waals surface area (Å²) in [5.74, 6) is 0.492. The zero-order valence-corrected chi connectivity index (χ0v) is 9.82. The summed E-state index contributed by atoms with van der Waals surface area (Å²) >= 11 is 0. The third-order valence-corrected chi connectivity index (χ3v) is 2.44. The predicted molar refractivity (Wildman–Crippen MR) is 66.6 cm³/mol. The summed E-state index contributed by atoms with van der Waals surface area (Å²) < 4.78 is 5.38. The second-order valence-corrected chi connectivity index (χ2v) is 3.74. The number of nitrogens with one attached hydrogen (secondary N) is 1. The molecule has 16 heavy (non-hydrogen) atoms. The van der Waals surface area contributed by atoms with Crippen LogP contribution in [0.5, 0.6) is 0 Å². The fourth-order valence-electron chi connectivity index (χ4n) is 1.57. The normalized spacial score (nSPS) is 19.1.